The maximum Gasteiger partial charge on any atom is 0.411 e. The van der Waals surface area contributed by atoms with Crippen molar-refractivity contribution in [3.63, 3.8) is 0 Å². The summed E-state index contributed by atoms with van der Waals surface area (Å²) in [4.78, 5) is 39.9. The quantitative estimate of drug-likeness (QED) is 0.424. The average molecular weight is 451 g/mol. The zero-order chi connectivity index (χ0) is 23.4. The number of ether oxygens (including phenoxy) is 3. The van der Waals surface area contributed by atoms with E-state index in [0.717, 1.165) is 5.56 Å². The largest absolute Gasteiger partial charge is 0.467 e. The number of hydrogen-bond acceptors (Lipinski definition) is 7. The summed E-state index contributed by atoms with van der Waals surface area (Å²) >= 11 is 0. The van der Waals surface area contributed by atoms with Crippen LogP contribution in [0.2, 0.25) is 0 Å². The molecule has 2 aliphatic rings. The molecule has 172 valence electrons. The van der Waals surface area contributed by atoms with Gasteiger partial charge in [0.15, 0.2) is 5.60 Å². The number of methoxy groups -OCH3 is 1. The second kappa shape index (κ2) is 9.46. The summed E-state index contributed by atoms with van der Waals surface area (Å²) in [7, 11) is 1.23. The van der Waals surface area contributed by atoms with Crippen molar-refractivity contribution in [2.45, 2.75) is 43.2 Å². The van der Waals surface area contributed by atoms with Gasteiger partial charge in [-0.2, -0.15) is 0 Å². The number of aliphatic hydroxyl groups excluding tert-OH is 1. The lowest BCUT2D eigenvalue weighted by Gasteiger charge is -2.38. The molecule has 0 radical (unpaired) electrons. The summed E-state index contributed by atoms with van der Waals surface area (Å²) in [5.74, 6) is -1.25. The number of fused-ring (bicyclic) bond motifs is 1. The maximum absolute atomic E-state index is 13.2. The topological polar surface area (TPSA) is 102 Å². The molecule has 0 spiro atoms. The lowest BCUT2D eigenvalue weighted by atomic mass is 9.84. The van der Waals surface area contributed by atoms with E-state index in [1.54, 1.807) is 36.4 Å². The fourth-order valence-corrected chi connectivity index (χ4v) is 4.39. The Balaban J connectivity index is 1.63. The van der Waals surface area contributed by atoms with Gasteiger partial charge in [-0.3, -0.25) is 4.90 Å². The van der Waals surface area contributed by atoms with Crippen molar-refractivity contribution in [2.75, 3.05) is 7.11 Å². The van der Waals surface area contributed by atoms with E-state index in [0.29, 0.717) is 5.56 Å². The first kappa shape index (κ1) is 22.5. The summed E-state index contributed by atoms with van der Waals surface area (Å²) < 4.78 is 16.3. The zero-order valence-corrected chi connectivity index (χ0v) is 18.1. The number of benzene rings is 2. The summed E-state index contributed by atoms with van der Waals surface area (Å²) in [6, 6.07) is 15.7. The van der Waals surface area contributed by atoms with Crippen LogP contribution >= 0.6 is 0 Å². The second-order valence-electron chi connectivity index (χ2n) is 8.08. The fourth-order valence-electron chi connectivity index (χ4n) is 4.39. The van der Waals surface area contributed by atoms with Crippen molar-refractivity contribution >= 4 is 18.0 Å². The Morgan fingerprint density at radius 1 is 1.06 bits per heavy atom. The van der Waals surface area contributed by atoms with Gasteiger partial charge in [-0.05, 0) is 23.8 Å². The molecule has 33 heavy (non-hydrogen) atoms. The molecule has 0 saturated carbocycles. The van der Waals surface area contributed by atoms with E-state index in [4.69, 9.17) is 14.2 Å². The molecule has 1 aliphatic heterocycles. The number of likely N-dealkylation sites (tertiary alicyclic amines) is 1. The Hall–Kier alpha value is -3.65. The first-order valence-electron chi connectivity index (χ1n) is 10.7. The maximum atomic E-state index is 13.2. The van der Waals surface area contributed by atoms with Crippen LogP contribution in [0.5, 0.6) is 0 Å². The summed E-state index contributed by atoms with van der Waals surface area (Å²) in [6.07, 6.45) is 1.52. The van der Waals surface area contributed by atoms with Crippen LogP contribution in [0.4, 0.5) is 4.79 Å². The molecule has 0 unspecified atom stereocenters. The van der Waals surface area contributed by atoms with Crippen LogP contribution in [-0.4, -0.2) is 58.9 Å². The number of nitrogens with zero attached hydrogens (tertiary/aromatic N) is 1. The van der Waals surface area contributed by atoms with E-state index in [9.17, 15) is 19.5 Å². The van der Waals surface area contributed by atoms with E-state index >= 15 is 0 Å². The number of rotatable bonds is 5. The molecule has 4 atom stereocenters. The number of amides is 1. The van der Waals surface area contributed by atoms with E-state index < -0.39 is 41.8 Å². The highest BCUT2D eigenvalue weighted by atomic mass is 16.6. The minimum Gasteiger partial charge on any atom is -0.467 e. The highest BCUT2D eigenvalue weighted by Crippen LogP contribution is 2.44. The molecule has 1 amide bonds. The van der Waals surface area contributed by atoms with Gasteiger partial charge in [-0.25, -0.2) is 14.4 Å². The number of carbonyl (C=O) groups is 3. The Bertz CT molecular complexity index is 1040. The molecule has 1 fully saturated rings. The van der Waals surface area contributed by atoms with Crippen molar-refractivity contribution in [3.8, 4) is 0 Å². The van der Waals surface area contributed by atoms with Gasteiger partial charge in [-0.1, -0.05) is 54.6 Å². The molecule has 1 N–H and O–H groups in total. The van der Waals surface area contributed by atoms with Crippen molar-refractivity contribution in [1.82, 2.24) is 4.90 Å². The van der Waals surface area contributed by atoms with Gasteiger partial charge in [0.2, 0.25) is 0 Å². The van der Waals surface area contributed by atoms with E-state index in [-0.39, 0.29) is 19.4 Å². The monoisotopic (exact) mass is 451 g/mol. The highest BCUT2D eigenvalue weighted by molar-refractivity contribution is 5.90. The third-order valence-electron chi connectivity index (χ3n) is 5.99. The zero-order valence-electron chi connectivity index (χ0n) is 18.1. The lowest BCUT2D eigenvalue weighted by Crippen LogP contribution is -2.53. The summed E-state index contributed by atoms with van der Waals surface area (Å²) in [5.41, 5.74) is -0.188. The summed E-state index contributed by atoms with van der Waals surface area (Å²) in [5, 5.41) is 10.3. The minimum absolute atomic E-state index is 0.00593. The molecule has 2 aromatic carbocycles. The molecule has 8 heteroatoms. The van der Waals surface area contributed by atoms with Crippen LogP contribution < -0.4 is 0 Å². The van der Waals surface area contributed by atoms with Crippen molar-refractivity contribution in [3.05, 3.63) is 83.9 Å². The fraction of sp³-hybridized carbons (Fsp3) is 0.320. The Morgan fingerprint density at radius 3 is 2.39 bits per heavy atom. The van der Waals surface area contributed by atoms with Crippen molar-refractivity contribution in [2.24, 2.45) is 0 Å². The minimum atomic E-state index is -1.31. The smallest absolute Gasteiger partial charge is 0.411 e. The van der Waals surface area contributed by atoms with Crippen LogP contribution in [0.25, 0.3) is 0 Å². The Kier molecular flexibility index (Phi) is 6.46. The first-order chi connectivity index (χ1) is 15.9. The van der Waals surface area contributed by atoms with Gasteiger partial charge < -0.3 is 19.3 Å². The third kappa shape index (κ3) is 4.61. The number of hydrogen-bond donors (Lipinski definition) is 1. The SMILES string of the molecule is COC(=O)[C@@H]1C[C@@]2(OC(=O)c3ccccc3)C=C[C@@H](O)C[C@H]2N1C(=O)OCc1ccccc1. The number of esters is 2. The summed E-state index contributed by atoms with van der Waals surface area (Å²) in [6.45, 7) is 0.00593. The second-order valence-corrected chi connectivity index (χ2v) is 8.08. The molecule has 1 aliphatic carbocycles. The predicted molar refractivity (Wildman–Crippen MR) is 117 cm³/mol. The lowest BCUT2D eigenvalue weighted by molar-refractivity contribution is -0.146. The predicted octanol–water partition coefficient (Wildman–Crippen LogP) is 2.86. The number of carbonyl (C=O) groups excluding carboxylic acids is 3. The average Bonchev–Trinajstić information content (AvgIpc) is 3.17. The van der Waals surface area contributed by atoms with Gasteiger partial charge in [-0.15, -0.1) is 0 Å². The van der Waals surface area contributed by atoms with E-state index in [2.05, 4.69) is 0 Å². The van der Waals surface area contributed by atoms with Gasteiger partial charge in [0.05, 0.1) is 24.8 Å². The van der Waals surface area contributed by atoms with Gasteiger partial charge in [0.25, 0.3) is 0 Å². The Morgan fingerprint density at radius 2 is 1.73 bits per heavy atom. The van der Waals surface area contributed by atoms with Crippen LogP contribution in [-0.2, 0) is 25.6 Å². The first-order valence-corrected chi connectivity index (χ1v) is 10.7. The van der Waals surface area contributed by atoms with Crippen LogP contribution in [0.15, 0.2) is 72.8 Å². The molecule has 8 nitrogen and oxygen atoms in total. The number of aliphatic hydroxyl groups is 1. The Labute approximate surface area is 191 Å². The molecule has 1 saturated heterocycles. The molecule has 2 aromatic rings. The van der Waals surface area contributed by atoms with E-state index in [1.807, 2.05) is 30.3 Å². The standard InChI is InChI=1S/C25H25NO7/c1-31-23(29)20-15-25(33-22(28)18-10-6-3-7-11-18)13-12-19(27)14-21(25)26(20)24(30)32-16-17-8-4-2-5-9-17/h2-13,19-21,27H,14-16H2,1H3/t19-,20+,21-,25+/m1/s1. The molecular weight excluding hydrogens is 426 g/mol. The van der Waals surface area contributed by atoms with Crippen LogP contribution in [0.3, 0.4) is 0 Å². The third-order valence-corrected chi connectivity index (χ3v) is 5.99. The van der Waals surface area contributed by atoms with Gasteiger partial charge in [0.1, 0.15) is 12.6 Å². The molecule has 1 heterocycles. The van der Waals surface area contributed by atoms with Crippen LogP contribution in [0.1, 0.15) is 28.8 Å². The molecular formula is C25H25NO7. The van der Waals surface area contributed by atoms with Crippen LogP contribution in [0, 0.1) is 0 Å². The molecule has 4 rings (SSSR count). The van der Waals surface area contributed by atoms with Crippen molar-refractivity contribution < 1.29 is 33.7 Å². The highest BCUT2D eigenvalue weighted by Gasteiger charge is 2.60. The van der Waals surface area contributed by atoms with E-state index in [1.165, 1.54) is 18.1 Å². The van der Waals surface area contributed by atoms with Crippen molar-refractivity contribution in [1.29, 1.82) is 0 Å². The normalized spacial score (nSPS) is 25.8. The van der Waals surface area contributed by atoms with Gasteiger partial charge in [0, 0.05) is 12.8 Å². The molecule has 0 aromatic heterocycles. The van der Waals surface area contributed by atoms with Gasteiger partial charge >= 0.3 is 18.0 Å². The molecule has 0 bridgehead atoms.